The van der Waals surface area contributed by atoms with E-state index in [-0.39, 0.29) is 12.5 Å². The fourth-order valence-corrected chi connectivity index (χ4v) is 2.50. The molecule has 118 valence electrons. The highest BCUT2D eigenvalue weighted by Crippen LogP contribution is 2.21. The SMILES string of the molecule is Cc1cc(OCC(=O)NCC(C(C)C)C(C)C)ccc1Cl. The highest BCUT2D eigenvalue weighted by atomic mass is 35.5. The van der Waals surface area contributed by atoms with Crippen LogP contribution in [-0.2, 0) is 4.79 Å². The van der Waals surface area contributed by atoms with Gasteiger partial charge in [0.15, 0.2) is 6.61 Å². The number of benzene rings is 1. The molecule has 1 amide bonds. The first kappa shape index (κ1) is 17.8. The predicted molar refractivity (Wildman–Crippen MR) is 87.9 cm³/mol. The molecular formula is C17H26ClNO2. The molecule has 0 saturated carbocycles. The van der Waals surface area contributed by atoms with E-state index < -0.39 is 0 Å². The van der Waals surface area contributed by atoms with E-state index in [9.17, 15) is 4.79 Å². The predicted octanol–water partition coefficient (Wildman–Crippen LogP) is 4.07. The zero-order valence-electron chi connectivity index (χ0n) is 13.6. The summed E-state index contributed by atoms with van der Waals surface area (Å²) >= 11 is 5.95. The van der Waals surface area contributed by atoms with Gasteiger partial charge in [0.1, 0.15) is 5.75 Å². The number of rotatable bonds is 7. The molecule has 1 aromatic carbocycles. The van der Waals surface area contributed by atoms with Crippen LogP contribution >= 0.6 is 11.6 Å². The minimum absolute atomic E-state index is 0.0317. The Labute approximate surface area is 133 Å². The van der Waals surface area contributed by atoms with Gasteiger partial charge in [-0.15, -0.1) is 0 Å². The van der Waals surface area contributed by atoms with Gasteiger partial charge in [0.25, 0.3) is 5.91 Å². The van der Waals surface area contributed by atoms with Crippen molar-refractivity contribution in [2.75, 3.05) is 13.2 Å². The molecule has 0 aliphatic heterocycles. The molecule has 1 N–H and O–H groups in total. The largest absolute Gasteiger partial charge is 0.484 e. The van der Waals surface area contributed by atoms with E-state index in [1.807, 2.05) is 13.0 Å². The summed E-state index contributed by atoms with van der Waals surface area (Å²) in [5.41, 5.74) is 0.939. The van der Waals surface area contributed by atoms with Crippen LogP contribution in [0, 0.1) is 24.7 Å². The van der Waals surface area contributed by atoms with Gasteiger partial charge in [-0.2, -0.15) is 0 Å². The lowest BCUT2D eigenvalue weighted by Gasteiger charge is -2.25. The molecule has 21 heavy (non-hydrogen) atoms. The van der Waals surface area contributed by atoms with Crippen LogP contribution in [0.3, 0.4) is 0 Å². The summed E-state index contributed by atoms with van der Waals surface area (Å²) in [6.07, 6.45) is 0. The van der Waals surface area contributed by atoms with Gasteiger partial charge in [-0.25, -0.2) is 0 Å². The van der Waals surface area contributed by atoms with Gasteiger partial charge >= 0.3 is 0 Å². The Morgan fingerprint density at radius 1 is 1.24 bits per heavy atom. The molecule has 3 nitrogen and oxygen atoms in total. The van der Waals surface area contributed by atoms with Crippen LogP contribution in [0.25, 0.3) is 0 Å². The summed E-state index contributed by atoms with van der Waals surface area (Å²) in [5.74, 6) is 2.15. The van der Waals surface area contributed by atoms with Crippen molar-refractivity contribution in [3.8, 4) is 5.75 Å². The van der Waals surface area contributed by atoms with Crippen molar-refractivity contribution in [3.05, 3.63) is 28.8 Å². The normalized spacial score (nSPS) is 11.3. The molecule has 0 saturated heterocycles. The zero-order chi connectivity index (χ0) is 16.0. The average molecular weight is 312 g/mol. The molecule has 0 bridgehead atoms. The quantitative estimate of drug-likeness (QED) is 0.824. The number of carbonyl (C=O) groups is 1. The van der Waals surface area contributed by atoms with Gasteiger partial charge in [-0.1, -0.05) is 39.3 Å². The Kier molecular flexibility index (Phi) is 7.03. The number of amides is 1. The molecule has 0 aromatic heterocycles. The fraction of sp³-hybridized carbons (Fsp3) is 0.588. The molecule has 0 aliphatic rings. The van der Waals surface area contributed by atoms with Crippen LogP contribution in [0.15, 0.2) is 18.2 Å². The third kappa shape index (κ3) is 5.96. The second kappa shape index (κ2) is 8.28. The van der Waals surface area contributed by atoms with Crippen molar-refractivity contribution in [3.63, 3.8) is 0 Å². The summed E-state index contributed by atoms with van der Waals surface area (Å²) in [6.45, 7) is 11.4. The number of hydrogen-bond acceptors (Lipinski definition) is 2. The third-order valence-corrected chi connectivity index (χ3v) is 4.17. The molecule has 4 heteroatoms. The van der Waals surface area contributed by atoms with Gasteiger partial charge in [-0.05, 0) is 48.4 Å². The van der Waals surface area contributed by atoms with Gasteiger partial charge < -0.3 is 10.1 Å². The number of ether oxygens (including phenoxy) is 1. The van der Waals surface area contributed by atoms with E-state index >= 15 is 0 Å². The standard InChI is InChI=1S/C17H26ClNO2/c1-11(2)15(12(3)4)9-19-17(20)10-21-14-6-7-16(18)13(5)8-14/h6-8,11-12,15H,9-10H2,1-5H3,(H,19,20). The van der Waals surface area contributed by atoms with Gasteiger partial charge in [0, 0.05) is 11.6 Å². The van der Waals surface area contributed by atoms with Crippen molar-refractivity contribution >= 4 is 17.5 Å². The molecule has 0 unspecified atom stereocenters. The smallest absolute Gasteiger partial charge is 0.257 e. The minimum Gasteiger partial charge on any atom is -0.484 e. The first-order valence-corrected chi connectivity index (χ1v) is 7.84. The topological polar surface area (TPSA) is 38.3 Å². The number of nitrogens with one attached hydrogen (secondary N) is 1. The van der Waals surface area contributed by atoms with Crippen LogP contribution in [0.1, 0.15) is 33.3 Å². The maximum absolute atomic E-state index is 11.9. The maximum Gasteiger partial charge on any atom is 0.257 e. The molecule has 0 radical (unpaired) electrons. The first-order chi connectivity index (χ1) is 9.81. The average Bonchev–Trinajstić information content (AvgIpc) is 2.39. The van der Waals surface area contributed by atoms with Crippen LogP contribution in [0.2, 0.25) is 5.02 Å². The van der Waals surface area contributed by atoms with Crippen LogP contribution < -0.4 is 10.1 Å². The molecule has 1 rings (SSSR count). The molecule has 0 spiro atoms. The molecular weight excluding hydrogens is 286 g/mol. The van der Waals surface area contributed by atoms with Gasteiger partial charge in [-0.3, -0.25) is 4.79 Å². The number of aryl methyl sites for hydroxylation is 1. The van der Waals surface area contributed by atoms with Crippen molar-refractivity contribution in [1.82, 2.24) is 5.32 Å². The molecule has 0 heterocycles. The summed E-state index contributed by atoms with van der Waals surface area (Å²) in [7, 11) is 0. The number of carbonyl (C=O) groups excluding carboxylic acids is 1. The van der Waals surface area contributed by atoms with Gasteiger partial charge in [0.2, 0.25) is 0 Å². The van der Waals surface area contributed by atoms with E-state index in [4.69, 9.17) is 16.3 Å². The van der Waals surface area contributed by atoms with Crippen LogP contribution in [0.4, 0.5) is 0 Å². The summed E-state index contributed by atoms with van der Waals surface area (Å²) in [6, 6.07) is 5.38. The van der Waals surface area contributed by atoms with Gasteiger partial charge in [0.05, 0.1) is 0 Å². The zero-order valence-corrected chi connectivity index (χ0v) is 14.3. The Bertz CT molecular complexity index is 464. The fourth-order valence-electron chi connectivity index (χ4n) is 2.38. The monoisotopic (exact) mass is 311 g/mol. The Balaban J connectivity index is 2.42. The Morgan fingerprint density at radius 2 is 1.86 bits per heavy atom. The highest BCUT2D eigenvalue weighted by Gasteiger charge is 2.18. The van der Waals surface area contributed by atoms with E-state index in [0.717, 1.165) is 5.56 Å². The lowest BCUT2D eigenvalue weighted by molar-refractivity contribution is -0.123. The first-order valence-electron chi connectivity index (χ1n) is 7.47. The summed E-state index contributed by atoms with van der Waals surface area (Å²) < 4.78 is 5.49. The second-order valence-electron chi connectivity index (χ2n) is 6.16. The summed E-state index contributed by atoms with van der Waals surface area (Å²) in [5, 5.41) is 3.65. The van der Waals surface area contributed by atoms with E-state index in [1.165, 1.54) is 0 Å². The van der Waals surface area contributed by atoms with Crippen molar-refractivity contribution < 1.29 is 9.53 Å². The van der Waals surface area contributed by atoms with Crippen LogP contribution in [0.5, 0.6) is 5.75 Å². The maximum atomic E-state index is 11.9. The summed E-state index contributed by atoms with van der Waals surface area (Å²) in [4.78, 5) is 11.9. The Hall–Kier alpha value is -1.22. The molecule has 0 aliphatic carbocycles. The van der Waals surface area contributed by atoms with Crippen molar-refractivity contribution in [2.45, 2.75) is 34.6 Å². The van der Waals surface area contributed by atoms with Crippen LogP contribution in [-0.4, -0.2) is 19.1 Å². The minimum atomic E-state index is -0.0890. The lowest BCUT2D eigenvalue weighted by atomic mass is 9.85. The number of halogens is 1. The van der Waals surface area contributed by atoms with Crippen molar-refractivity contribution in [2.24, 2.45) is 17.8 Å². The lowest BCUT2D eigenvalue weighted by Crippen LogP contribution is -2.36. The third-order valence-electron chi connectivity index (χ3n) is 3.75. The Morgan fingerprint density at radius 3 is 2.38 bits per heavy atom. The second-order valence-corrected chi connectivity index (χ2v) is 6.56. The highest BCUT2D eigenvalue weighted by molar-refractivity contribution is 6.31. The molecule has 1 aromatic rings. The van der Waals surface area contributed by atoms with E-state index in [1.54, 1.807) is 12.1 Å². The number of hydrogen-bond donors (Lipinski definition) is 1. The van der Waals surface area contributed by atoms with E-state index in [0.29, 0.717) is 35.1 Å². The van der Waals surface area contributed by atoms with Crippen molar-refractivity contribution in [1.29, 1.82) is 0 Å². The van der Waals surface area contributed by atoms with E-state index in [2.05, 4.69) is 33.0 Å². The molecule has 0 atom stereocenters. The molecule has 0 fully saturated rings.